The molecule has 8 nitrogen and oxygen atoms in total. The number of aliphatic carboxylic acids is 1. The van der Waals surface area contributed by atoms with Crippen LogP contribution in [0.15, 0.2) is 22.2 Å². The first-order chi connectivity index (χ1) is 11.8. The van der Waals surface area contributed by atoms with E-state index in [0.717, 1.165) is 0 Å². The van der Waals surface area contributed by atoms with Crippen LogP contribution in [0.1, 0.15) is 12.5 Å². The molecular weight excluding hydrogens is 416 g/mol. The molecule has 1 fully saturated rings. The van der Waals surface area contributed by atoms with Crippen LogP contribution in [0.3, 0.4) is 0 Å². The zero-order chi connectivity index (χ0) is 18.6. The van der Waals surface area contributed by atoms with E-state index in [-0.39, 0.29) is 22.2 Å². The molecule has 10 heteroatoms. The Labute approximate surface area is 156 Å². The number of hydrogen-bond donors (Lipinski definition) is 3. The van der Waals surface area contributed by atoms with Crippen LogP contribution in [0.2, 0.25) is 0 Å². The Kier molecular flexibility index (Phi) is 6.10. The van der Waals surface area contributed by atoms with Crippen molar-refractivity contribution in [3.63, 3.8) is 0 Å². The molecule has 1 aromatic rings. The van der Waals surface area contributed by atoms with Crippen molar-refractivity contribution >= 4 is 57.1 Å². The van der Waals surface area contributed by atoms with E-state index in [1.165, 1.54) is 12.1 Å². The summed E-state index contributed by atoms with van der Waals surface area (Å²) in [5, 5.41) is 13.4. The topological polar surface area (TPSA) is 114 Å². The Bertz CT molecular complexity index is 770. The van der Waals surface area contributed by atoms with Gasteiger partial charge in [0.25, 0.3) is 11.8 Å². The third kappa shape index (κ3) is 4.77. The molecule has 1 heterocycles. The van der Waals surface area contributed by atoms with E-state index in [0.29, 0.717) is 16.6 Å². The Morgan fingerprint density at radius 3 is 2.48 bits per heavy atom. The van der Waals surface area contributed by atoms with Crippen molar-refractivity contribution in [1.82, 2.24) is 10.6 Å². The van der Waals surface area contributed by atoms with Crippen LogP contribution in [0.25, 0.3) is 6.08 Å². The Balaban J connectivity index is 2.40. The van der Waals surface area contributed by atoms with Crippen molar-refractivity contribution in [2.75, 3.05) is 13.2 Å². The highest BCUT2D eigenvalue weighted by Gasteiger charge is 2.26. The van der Waals surface area contributed by atoms with Crippen LogP contribution in [0.5, 0.6) is 11.5 Å². The number of carbonyl (C=O) groups excluding carboxylic acids is 2. The van der Waals surface area contributed by atoms with E-state index in [9.17, 15) is 14.4 Å². The summed E-state index contributed by atoms with van der Waals surface area (Å²) in [6.45, 7) is 1.52. The fraction of sp³-hybridized carbons (Fsp3) is 0.200. The number of benzene rings is 1. The lowest BCUT2D eigenvalue weighted by Gasteiger charge is -2.17. The predicted octanol–water partition coefficient (Wildman–Crippen LogP) is 1.23. The molecule has 3 N–H and O–H groups in total. The van der Waals surface area contributed by atoms with Crippen LogP contribution < -0.4 is 20.1 Å². The minimum Gasteiger partial charge on any atom is -0.490 e. The monoisotopic (exact) mass is 428 g/mol. The predicted molar refractivity (Wildman–Crippen MR) is 95.3 cm³/mol. The molecule has 1 aromatic carbocycles. The van der Waals surface area contributed by atoms with Gasteiger partial charge < -0.3 is 14.6 Å². The highest BCUT2D eigenvalue weighted by atomic mass is 79.9. The number of halogens is 1. The normalized spacial score (nSPS) is 13.8. The molecule has 0 aliphatic carbocycles. The molecule has 0 aromatic heterocycles. The summed E-state index contributed by atoms with van der Waals surface area (Å²) in [6.07, 6.45) is 1.36. The van der Waals surface area contributed by atoms with Crippen LogP contribution in [0.4, 0.5) is 0 Å². The van der Waals surface area contributed by atoms with Gasteiger partial charge in [-0.1, -0.05) is 0 Å². The van der Waals surface area contributed by atoms with Gasteiger partial charge in [-0.3, -0.25) is 20.2 Å². The highest BCUT2D eigenvalue weighted by Crippen LogP contribution is 2.37. The first-order valence-corrected chi connectivity index (χ1v) is 8.21. The van der Waals surface area contributed by atoms with Crippen molar-refractivity contribution < 1.29 is 29.0 Å². The van der Waals surface area contributed by atoms with Crippen LogP contribution in [-0.2, 0) is 14.4 Å². The second kappa shape index (κ2) is 8.08. The number of thiocarbonyl (C=S) groups is 1. The quantitative estimate of drug-likeness (QED) is 0.354. The number of amides is 2. The summed E-state index contributed by atoms with van der Waals surface area (Å²) in [5.74, 6) is -1.88. The van der Waals surface area contributed by atoms with Gasteiger partial charge in [0.1, 0.15) is 5.57 Å². The van der Waals surface area contributed by atoms with Crippen molar-refractivity contribution in [1.29, 1.82) is 0 Å². The van der Waals surface area contributed by atoms with Gasteiger partial charge in [0, 0.05) is 0 Å². The molecule has 2 rings (SSSR count). The molecule has 0 radical (unpaired) electrons. The lowest BCUT2D eigenvalue weighted by molar-refractivity contribution is -0.139. The van der Waals surface area contributed by atoms with Crippen molar-refractivity contribution in [3.8, 4) is 11.5 Å². The summed E-state index contributed by atoms with van der Waals surface area (Å²) < 4.78 is 11.1. The first-order valence-electron chi connectivity index (χ1n) is 7.01. The zero-order valence-corrected chi connectivity index (χ0v) is 15.3. The van der Waals surface area contributed by atoms with Gasteiger partial charge in [-0.2, -0.15) is 0 Å². The van der Waals surface area contributed by atoms with Gasteiger partial charge in [0.05, 0.1) is 11.1 Å². The lowest BCUT2D eigenvalue weighted by atomic mass is 10.1. The number of ether oxygens (including phenoxy) is 2. The van der Waals surface area contributed by atoms with Crippen molar-refractivity contribution in [2.45, 2.75) is 6.92 Å². The minimum absolute atomic E-state index is 0.0549. The van der Waals surface area contributed by atoms with E-state index < -0.39 is 24.4 Å². The van der Waals surface area contributed by atoms with Gasteiger partial charge in [-0.05, 0) is 58.8 Å². The van der Waals surface area contributed by atoms with E-state index in [1.807, 2.05) is 0 Å². The number of carboxylic acids is 1. The summed E-state index contributed by atoms with van der Waals surface area (Å²) in [5.41, 5.74) is 0.355. The molecule has 0 atom stereocenters. The second-order valence-corrected chi connectivity index (χ2v) is 6.00. The van der Waals surface area contributed by atoms with E-state index in [2.05, 4.69) is 26.6 Å². The third-order valence-electron chi connectivity index (χ3n) is 2.93. The van der Waals surface area contributed by atoms with E-state index in [4.69, 9.17) is 26.8 Å². The van der Waals surface area contributed by atoms with Gasteiger partial charge in [-0.25, -0.2) is 4.79 Å². The molecule has 1 aliphatic rings. The number of hydrogen-bond acceptors (Lipinski definition) is 6. The van der Waals surface area contributed by atoms with Crippen LogP contribution >= 0.6 is 28.1 Å². The van der Waals surface area contributed by atoms with Gasteiger partial charge >= 0.3 is 5.97 Å². The second-order valence-electron chi connectivity index (χ2n) is 4.74. The average Bonchev–Trinajstić information content (AvgIpc) is 2.50. The lowest BCUT2D eigenvalue weighted by Crippen LogP contribution is -2.51. The van der Waals surface area contributed by atoms with E-state index in [1.54, 1.807) is 13.0 Å². The number of rotatable bonds is 6. The van der Waals surface area contributed by atoms with Gasteiger partial charge in [0.15, 0.2) is 23.2 Å². The molecular formula is C15H13BrN2O6S. The maximum absolute atomic E-state index is 11.9. The van der Waals surface area contributed by atoms with Gasteiger partial charge in [-0.15, -0.1) is 0 Å². The molecule has 0 bridgehead atoms. The fourth-order valence-corrected chi connectivity index (χ4v) is 2.74. The van der Waals surface area contributed by atoms with Gasteiger partial charge in [0.2, 0.25) is 0 Å². The Morgan fingerprint density at radius 1 is 1.28 bits per heavy atom. The van der Waals surface area contributed by atoms with Crippen molar-refractivity contribution in [2.24, 2.45) is 0 Å². The SMILES string of the molecule is CCOc1cc(C=C2C(=O)NC(=S)NC2=O)cc(Br)c1OCC(=O)O. The number of nitrogens with one attached hydrogen (secondary N) is 2. The average molecular weight is 429 g/mol. The summed E-state index contributed by atoms with van der Waals surface area (Å²) in [4.78, 5) is 34.5. The molecule has 132 valence electrons. The maximum atomic E-state index is 11.9. The molecule has 1 aliphatic heterocycles. The fourth-order valence-electron chi connectivity index (χ4n) is 1.98. The molecule has 1 saturated heterocycles. The zero-order valence-electron chi connectivity index (χ0n) is 12.9. The summed E-state index contributed by atoms with van der Waals surface area (Å²) >= 11 is 8.01. The number of carbonyl (C=O) groups is 3. The molecule has 2 amide bonds. The van der Waals surface area contributed by atoms with Crippen LogP contribution in [-0.4, -0.2) is 41.2 Å². The molecule has 25 heavy (non-hydrogen) atoms. The van der Waals surface area contributed by atoms with Crippen LogP contribution in [0, 0.1) is 0 Å². The third-order valence-corrected chi connectivity index (χ3v) is 3.72. The largest absolute Gasteiger partial charge is 0.490 e. The molecule has 0 spiro atoms. The highest BCUT2D eigenvalue weighted by molar-refractivity contribution is 9.10. The van der Waals surface area contributed by atoms with E-state index >= 15 is 0 Å². The molecule has 0 saturated carbocycles. The smallest absolute Gasteiger partial charge is 0.341 e. The standard InChI is InChI=1S/C15H13BrN2O6S/c1-2-23-10-5-7(4-9(16)12(10)24-6-11(19)20)3-8-13(21)17-15(25)18-14(8)22/h3-5H,2,6H2,1H3,(H,19,20)(H2,17,18,21,22,25). The minimum atomic E-state index is -1.13. The van der Waals surface area contributed by atoms with Crippen molar-refractivity contribution in [3.05, 3.63) is 27.7 Å². The first kappa shape index (κ1) is 18.9. The Hall–Kier alpha value is -2.46. The Morgan fingerprint density at radius 2 is 1.92 bits per heavy atom. The number of carboxylic acid groups (broad SMARTS) is 1. The summed E-state index contributed by atoms with van der Waals surface area (Å²) in [6, 6.07) is 3.10. The summed E-state index contributed by atoms with van der Waals surface area (Å²) in [7, 11) is 0. The maximum Gasteiger partial charge on any atom is 0.341 e. The molecule has 0 unspecified atom stereocenters.